The third kappa shape index (κ3) is 3.67. The van der Waals surface area contributed by atoms with E-state index in [0.29, 0.717) is 5.56 Å². The predicted octanol–water partition coefficient (Wildman–Crippen LogP) is 5.12. The molecule has 3 aromatic rings. The molecule has 0 bridgehead atoms. The van der Waals surface area contributed by atoms with Crippen molar-refractivity contribution in [3.05, 3.63) is 95.0 Å². The maximum Gasteiger partial charge on any atom is 0.271 e. The number of benzene rings is 2. The molecule has 158 valence electrons. The molecule has 0 radical (unpaired) electrons. The lowest BCUT2D eigenvalue weighted by Crippen LogP contribution is -2.23. The number of amides is 1. The highest BCUT2D eigenvalue weighted by atomic mass is 16.2. The molecule has 1 N–H and O–H groups in total. The second-order valence-corrected chi connectivity index (χ2v) is 8.47. The predicted molar refractivity (Wildman–Crippen MR) is 127 cm³/mol. The largest absolute Gasteiger partial charge is 0.347 e. The summed E-state index contributed by atoms with van der Waals surface area (Å²) in [6.07, 6.45) is 3.61. The van der Waals surface area contributed by atoms with E-state index in [1.165, 1.54) is 11.3 Å². The number of hydrogen-bond acceptors (Lipinski definition) is 3. The number of fused-ring (bicyclic) bond motifs is 1. The van der Waals surface area contributed by atoms with Crippen LogP contribution in [0.4, 0.5) is 5.69 Å². The Morgan fingerprint density at radius 1 is 0.968 bits per heavy atom. The van der Waals surface area contributed by atoms with E-state index in [4.69, 9.17) is 0 Å². The molecule has 0 spiro atoms. The van der Waals surface area contributed by atoms with Crippen LogP contribution < -0.4 is 10.3 Å². The Hall–Kier alpha value is -3.60. The third-order valence-electron chi connectivity index (χ3n) is 6.07. The number of allylic oxidation sites excluding steroid dienone is 2. The summed E-state index contributed by atoms with van der Waals surface area (Å²) in [6.45, 7) is 8.53. The second-order valence-electron chi connectivity index (χ2n) is 8.47. The standard InChI is InChI=1S/C26H28N4O/c1-18-10-11-19(2)30(18)21-14-12-20(13-15-21)25(31)28-27-17-16-24-26(3,4)22-8-6-7-9-23(22)29(24)5/h6-17H,1-5H3,(H,28,31)/b24-16-,27-17+. The highest BCUT2D eigenvalue weighted by molar-refractivity contribution is 5.94. The summed E-state index contributed by atoms with van der Waals surface area (Å²) in [5, 5.41) is 4.14. The fourth-order valence-corrected chi connectivity index (χ4v) is 4.41. The molecule has 0 saturated heterocycles. The van der Waals surface area contributed by atoms with Crippen molar-refractivity contribution >= 4 is 17.8 Å². The van der Waals surface area contributed by atoms with Crippen LogP contribution in [0, 0.1) is 13.8 Å². The van der Waals surface area contributed by atoms with E-state index in [1.54, 1.807) is 6.21 Å². The Kier molecular flexibility index (Phi) is 5.27. The Morgan fingerprint density at radius 2 is 1.61 bits per heavy atom. The molecule has 5 nitrogen and oxygen atoms in total. The molecule has 5 heteroatoms. The number of anilines is 1. The van der Waals surface area contributed by atoms with Crippen LogP contribution in [0.1, 0.15) is 41.2 Å². The van der Waals surface area contributed by atoms with Gasteiger partial charge in [-0.25, -0.2) is 5.43 Å². The van der Waals surface area contributed by atoms with E-state index in [9.17, 15) is 4.79 Å². The fraction of sp³-hybridized carbons (Fsp3) is 0.231. The average Bonchev–Trinajstić information content (AvgIpc) is 3.19. The summed E-state index contributed by atoms with van der Waals surface area (Å²) in [5.41, 5.74) is 10.1. The van der Waals surface area contributed by atoms with Crippen LogP contribution in [-0.2, 0) is 5.41 Å². The first-order chi connectivity index (χ1) is 14.8. The van der Waals surface area contributed by atoms with Crippen molar-refractivity contribution in [2.24, 2.45) is 5.10 Å². The van der Waals surface area contributed by atoms with Crippen molar-refractivity contribution in [3.8, 4) is 5.69 Å². The molecule has 1 aliphatic rings. The summed E-state index contributed by atoms with van der Waals surface area (Å²) >= 11 is 0. The van der Waals surface area contributed by atoms with Gasteiger partial charge in [0, 0.05) is 52.7 Å². The Bertz CT molecular complexity index is 1160. The number of para-hydroxylation sites is 1. The topological polar surface area (TPSA) is 49.6 Å². The first-order valence-corrected chi connectivity index (χ1v) is 10.4. The SMILES string of the molecule is Cc1ccc(C)n1-c1ccc(C(=O)N/N=C/C=C2\N(C)c3ccccc3C2(C)C)cc1. The van der Waals surface area contributed by atoms with E-state index < -0.39 is 0 Å². The third-order valence-corrected chi connectivity index (χ3v) is 6.07. The smallest absolute Gasteiger partial charge is 0.271 e. The first kappa shape index (κ1) is 20.7. The van der Waals surface area contributed by atoms with Gasteiger partial charge in [0.2, 0.25) is 0 Å². The van der Waals surface area contributed by atoms with Crippen LogP contribution in [0.3, 0.4) is 0 Å². The van der Waals surface area contributed by atoms with E-state index >= 15 is 0 Å². The minimum Gasteiger partial charge on any atom is -0.347 e. The minimum atomic E-state index is -0.232. The number of hydrazone groups is 1. The zero-order valence-electron chi connectivity index (χ0n) is 18.7. The number of aryl methyl sites for hydroxylation is 2. The van der Waals surface area contributed by atoms with Crippen molar-refractivity contribution in [2.45, 2.75) is 33.1 Å². The minimum absolute atomic E-state index is 0.119. The van der Waals surface area contributed by atoms with Crippen molar-refractivity contribution in [1.82, 2.24) is 9.99 Å². The van der Waals surface area contributed by atoms with E-state index in [-0.39, 0.29) is 11.3 Å². The number of nitrogens with one attached hydrogen (secondary N) is 1. The Morgan fingerprint density at radius 3 is 2.26 bits per heavy atom. The lowest BCUT2D eigenvalue weighted by Gasteiger charge is -2.23. The molecule has 1 aliphatic heterocycles. The van der Waals surface area contributed by atoms with E-state index in [1.807, 2.05) is 36.4 Å². The van der Waals surface area contributed by atoms with Gasteiger partial charge in [-0.1, -0.05) is 32.0 Å². The molecule has 2 heterocycles. The normalized spacial score (nSPS) is 16.2. The van der Waals surface area contributed by atoms with Crippen LogP contribution >= 0.6 is 0 Å². The maximum absolute atomic E-state index is 12.5. The summed E-state index contributed by atoms with van der Waals surface area (Å²) in [5.74, 6) is -0.232. The summed E-state index contributed by atoms with van der Waals surface area (Å²) in [7, 11) is 2.06. The van der Waals surface area contributed by atoms with Gasteiger partial charge in [0.1, 0.15) is 0 Å². The molecule has 0 unspecified atom stereocenters. The van der Waals surface area contributed by atoms with Gasteiger partial charge in [-0.05, 0) is 68.0 Å². The Labute approximate surface area is 183 Å². The Balaban J connectivity index is 1.45. The van der Waals surface area contributed by atoms with E-state index in [2.05, 4.69) is 85.1 Å². The molecule has 31 heavy (non-hydrogen) atoms. The highest BCUT2D eigenvalue weighted by Crippen LogP contribution is 2.46. The van der Waals surface area contributed by atoms with Crippen molar-refractivity contribution in [1.29, 1.82) is 0 Å². The monoisotopic (exact) mass is 412 g/mol. The van der Waals surface area contributed by atoms with Crippen molar-refractivity contribution < 1.29 is 4.79 Å². The van der Waals surface area contributed by atoms with Crippen LogP contribution in [0.2, 0.25) is 0 Å². The lowest BCUT2D eigenvalue weighted by atomic mass is 9.84. The first-order valence-electron chi connectivity index (χ1n) is 10.4. The second kappa shape index (κ2) is 7.91. The summed E-state index contributed by atoms with van der Waals surface area (Å²) in [4.78, 5) is 14.7. The van der Waals surface area contributed by atoms with Gasteiger partial charge in [-0.3, -0.25) is 4.79 Å². The number of carbonyl (C=O) groups excluding carboxylic acids is 1. The molecule has 0 saturated carbocycles. The van der Waals surface area contributed by atoms with Crippen LogP contribution in [0.5, 0.6) is 0 Å². The fourth-order valence-electron chi connectivity index (χ4n) is 4.41. The summed E-state index contributed by atoms with van der Waals surface area (Å²) in [6, 6.07) is 20.1. The molecule has 4 rings (SSSR count). The molecule has 0 fully saturated rings. The van der Waals surface area contributed by atoms with Gasteiger partial charge in [0.05, 0.1) is 0 Å². The van der Waals surface area contributed by atoms with Gasteiger partial charge in [-0.2, -0.15) is 5.10 Å². The quantitative estimate of drug-likeness (QED) is 0.478. The number of rotatable bonds is 4. The van der Waals surface area contributed by atoms with E-state index in [0.717, 1.165) is 22.8 Å². The zero-order chi connectivity index (χ0) is 22.2. The van der Waals surface area contributed by atoms with Gasteiger partial charge in [0.15, 0.2) is 0 Å². The average molecular weight is 413 g/mol. The molecule has 0 aliphatic carbocycles. The van der Waals surface area contributed by atoms with Crippen molar-refractivity contribution in [3.63, 3.8) is 0 Å². The van der Waals surface area contributed by atoms with Gasteiger partial charge in [-0.15, -0.1) is 0 Å². The number of carbonyl (C=O) groups is 1. The van der Waals surface area contributed by atoms with Gasteiger partial charge < -0.3 is 9.47 Å². The molecular weight excluding hydrogens is 384 g/mol. The molecule has 1 aromatic heterocycles. The molecule has 1 amide bonds. The highest BCUT2D eigenvalue weighted by Gasteiger charge is 2.37. The maximum atomic E-state index is 12.5. The lowest BCUT2D eigenvalue weighted by molar-refractivity contribution is 0.0955. The number of hydrogen-bond donors (Lipinski definition) is 1. The number of nitrogens with zero attached hydrogens (tertiary/aromatic N) is 3. The van der Waals surface area contributed by atoms with Gasteiger partial charge >= 0.3 is 0 Å². The van der Waals surface area contributed by atoms with Gasteiger partial charge in [0.25, 0.3) is 5.91 Å². The number of likely N-dealkylation sites (N-methyl/N-ethyl adjacent to an activating group) is 1. The molecule has 2 aromatic carbocycles. The zero-order valence-corrected chi connectivity index (χ0v) is 18.7. The molecular formula is C26H28N4O. The summed E-state index contributed by atoms with van der Waals surface area (Å²) < 4.78 is 2.16. The van der Waals surface area contributed by atoms with Crippen LogP contribution in [0.15, 0.2) is 77.5 Å². The molecule has 0 atom stereocenters. The van der Waals surface area contributed by atoms with Crippen LogP contribution in [-0.4, -0.2) is 23.7 Å². The van der Waals surface area contributed by atoms with Crippen molar-refractivity contribution in [2.75, 3.05) is 11.9 Å². The van der Waals surface area contributed by atoms with Crippen LogP contribution in [0.25, 0.3) is 5.69 Å². The number of aromatic nitrogens is 1.